The van der Waals surface area contributed by atoms with E-state index in [0.29, 0.717) is 11.8 Å². The summed E-state index contributed by atoms with van der Waals surface area (Å²) in [6.07, 6.45) is 10.6. The average molecular weight is 397 g/mol. The van der Waals surface area contributed by atoms with E-state index < -0.39 is 0 Å². The summed E-state index contributed by atoms with van der Waals surface area (Å²) in [5.74, 6) is 3.36. The van der Waals surface area contributed by atoms with Crippen molar-refractivity contribution in [2.75, 3.05) is 6.26 Å². The first-order valence-electron chi connectivity index (χ1n) is 10.4. The zero-order valence-electron chi connectivity index (χ0n) is 16.4. The van der Waals surface area contributed by atoms with Crippen molar-refractivity contribution in [3.05, 3.63) is 47.5 Å². The van der Waals surface area contributed by atoms with Gasteiger partial charge >= 0.3 is 0 Å². The number of hydrogen-bond donors (Lipinski definition) is 2. The van der Waals surface area contributed by atoms with Crippen LogP contribution in [0.2, 0.25) is 0 Å². The Kier molecular flexibility index (Phi) is 4.49. The van der Waals surface area contributed by atoms with Gasteiger partial charge in [0.2, 0.25) is 0 Å². The van der Waals surface area contributed by atoms with E-state index in [1.165, 1.54) is 36.6 Å². The molecule has 1 aromatic heterocycles. The molecule has 4 bridgehead atoms. The molecule has 1 aromatic carbocycles. The minimum Gasteiger partial charge on any atom is -0.341 e. The topological polar surface area (TPSA) is 70.7 Å². The number of benzene rings is 1. The first-order chi connectivity index (χ1) is 13.6. The lowest BCUT2D eigenvalue weighted by atomic mass is 9.46. The molecule has 5 nitrogen and oxygen atoms in total. The number of rotatable bonds is 5. The van der Waals surface area contributed by atoms with Gasteiger partial charge in [0.05, 0.1) is 0 Å². The van der Waals surface area contributed by atoms with Gasteiger partial charge in [-0.25, -0.2) is 4.98 Å². The van der Waals surface area contributed by atoms with Crippen molar-refractivity contribution in [2.45, 2.75) is 62.3 Å². The second-order valence-corrected chi connectivity index (χ2v) is 10.0. The van der Waals surface area contributed by atoms with Crippen LogP contribution in [0.1, 0.15) is 55.7 Å². The third-order valence-corrected chi connectivity index (χ3v) is 7.59. The third-order valence-electron chi connectivity index (χ3n) is 7.11. The van der Waals surface area contributed by atoms with Gasteiger partial charge in [0.1, 0.15) is 5.82 Å². The van der Waals surface area contributed by atoms with E-state index in [0.717, 1.165) is 43.8 Å². The van der Waals surface area contributed by atoms with Crippen molar-refractivity contribution in [3.8, 4) is 0 Å². The second kappa shape index (κ2) is 6.90. The van der Waals surface area contributed by atoms with Crippen LogP contribution in [0.25, 0.3) is 0 Å². The Morgan fingerprint density at radius 2 is 1.93 bits per heavy atom. The number of amides is 1. The molecule has 0 saturated heterocycles. The van der Waals surface area contributed by atoms with Crippen LogP contribution in [-0.4, -0.2) is 32.2 Å². The van der Waals surface area contributed by atoms with Gasteiger partial charge in [-0.15, -0.1) is 0 Å². The summed E-state index contributed by atoms with van der Waals surface area (Å²) in [6.45, 7) is 0. The molecule has 28 heavy (non-hydrogen) atoms. The summed E-state index contributed by atoms with van der Waals surface area (Å²) < 4.78 is 0. The van der Waals surface area contributed by atoms with Gasteiger partial charge in [-0.1, -0.05) is 42.1 Å². The molecule has 4 aliphatic rings. The lowest BCUT2D eigenvalue weighted by Crippen LogP contribution is -2.64. The van der Waals surface area contributed by atoms with Gasteiger partial charge in [0, 0.05) is 17.4 Å². The van der Waals surface area contributed by atoms with Crippen molar-refractivity contribution >= 4 is 17.0 Å². The minimum atomic E-state index is -0.0466. The summed E-state index contributed by atoms with van der Waals surface area (Å²) in [7, 11) is 0. The maximum Gasteiger partial charge on any atom is 0.279 e. The Labute approximate surface area is 170 Å². The number of carbonyl (C=O) groups excluding carboxylic acids is 1. The number of H-pyrrole nitrogens is 1. The van der Waals surface area contributed by atoms with E-state index in [4.69, 9.17) is 10.1 Å². The second-order valence-electron chi connectivity index (χ2n) is 9.23. The van der Waals surface area contributed by atoms with Crippen molar-refractivity contribution in [3.63, 3.8) is 0 Å². The molecule has 0 spiro atoms. The molecule has 4 fully saturated rings. The molecule has 148 valence electrons. The summed E-state index contributed by atoms with van der Waals surface area (Å²) in [4.78, 5) is 17.1. The lowest BCUT2D eigenvalue weighted by Gasteiger charge is -2.61. The number of nitrogens with zero attached hydrogens (tertiary/aromatic N) is 2. The maximum atomic E-state index is 12.2. The van der Waals surface area contributed by atoms with E-state index in [2.05, 4.69) is 40.7 Å². The van der Waals surface area contributed by atoms with E-state index >= 15 is 0 Å². The molecule has 4 aliphatic carbocycles. The highest BCUT2D eigenvalue weighted by Gasteiger charge is 2.60. The molecule has 1 heterocycles. The molecular weight excluding hydrogens is 368 g/mol. The highest BCUT2D eigenvalue weighted by Crippen LogP contribution is 2.61. The van der Waals surface area contributed by atoms with Crippen LogP contribution in [-0.2, 0) is 18.3 Å². The summed E-state index contributed by atoms with van der Waals surface area (Å²) in [5.41, 5.74) is 1.32. The molecule has 4 saturated carbocycles. The standard InChI is InChI=1S/C22H28N4OS/c1-28-20(27)24-22-12-16-9-17(13-22)11-21(10-16,14-22)19-23-18(25-26-19)8-7-15-5-3-2-4-6-15/h2-6,16-17H,7-14H2,1H3,(H,24,27)(H,23,25,26)/t16-,17+,21?,22?. The lowest BCUT2D eigenvalue weighted by molar-refractivity contribution is -0.0371. The number of aromatic nitrogens is 3. The van der Waals surface area contributed by atoms with Gasteiger partial charge in [-0.3, -0.25) is 9.89 Å². The molecule has 0 radical (unpaired) electrons. The molecule has 2 unspecified atom stereocenters. The SMILES string of the molecule is CSC(=O)NC12C[C@H]3C[C@@H](C1)CC(c1n[nH]c(CCc4ccccc4)n1)(C3)C2. The Bertz CT molecular complexity index is 850. The number of thioether (sulfide) groups is 1. The first kappa shape index (κ1) is 18.2. The van der Waals surface area contributed by atoms with Crippen LogP contribution in [0, 0.1) is 11.8 Å². The fourth-order valence-electron chi connectivity index (χ4n) is 6.49. The van der Waals surface area contributed by atoms with Gasteiger partial charge in [-0.2, -0.15) is 5.10 Å². The van der Waals surface area contributed by atoms with E-state index in [9.17, 15) is 4.79 Å². The molecular formula is C22H28N4OS. The van der Waals surface area contributed by atoms with E-state index in [-0.39, 0.29) is 16.2 Å². The molecule has 6 rings (SSSR count). The molecule has 4 atom stereocenters. The van der Waals surface area contributed by atoms with Crippen LogP contribution in [0.15, 0.2) is 30.3 Å². The van der Waals surface area contributed by atoms with Gasteiger partial charge < -0.3 is 5.32 Å². The number of aromatic amines is 1. The Hall–Kier alpha value is -1.82. The number of carbonyl (C=O) groups is 1. The molecule has 2 N–H and O–H groups in total. The summed E-state index contributed by atoms with van der Waals surface area (Å²) in [5, 5.41) is 11.4. The van der Waals surface area contributed by atoms with Crippen LogP contribution in [0.3, 0.4) is 0 Å². The smallest absolute Gasteiger partial charge is 0.279 e. The molecule has 0 aliphatic heterocycles. The molecule has 2 aromatic rings. The highest BCUT2D eigenvalue weighted by atomic mass is 32.2. The number of hydrogen-bond acceptors (Lipinski definition) is 4. The first-order valence-corrected chi connectivity index (χ1v) is 11.6. The van der Waals surface area contributed by atoms with Crippen molar-refractivity contribution in [2.24, 2.45) is 11.8 Å². The normalized spacial score (nSPS) is 33.2. The quantitative estimate of drug-likeness (QED) is 0.792. The Morgan fingerprint density at radius 3 is 2.64 bits per heavy atom. The Balaban J connectivity index is 1.36. The van der Waals surface area contributed by atoms with Crippen LogP contribution < -0.4 is 5.32 Å². The maximum absolute atomic E-state index is 12.2. The van der Waals surface area contributed by atoms with Crippen molar-refractivity contribution < 1.29 is 4.79 Å². The average Bonchev–Trinajstić information content (AvgIpc) is 3.16. The third kappa shape index (κ3) is 3.25. The van der Waals surface area contributed by atoms with Gasteiger partial charge in [-0.05, 0) is 68.6 Å². The van der Waals surface area contributed by atoms with Crippen LogP contribution in [0.5, 0.6) is 0 Å². The van der Waals surface area contributed by atoms with Gasteiger partial charge in [0.25, 0.3) is 5.24 Å². The largest absolute Gasteiger partial charge is 0.341 e. The van der Waals surface area contributed by atoms with Gasteiger partial charge in [0.15, 0.2) is 5.82 Å². The number of aryl methyl sites for hydroxylation is 2. The predicted molar refractivity (Wildman–Crippen MR) is 111 cm³/mol. The van der Waals surface area contributed by atoms with Crippen LogP contribution in [0.4, 0.5) is 4.79 Å². The Morgan fingerprint density at radius 1 is 1.18 bits per heavy atom. The fraction of sp³-hybridized carbons (Fsp3) is 0.591. The zero-order chi connectivity index (χ0) is 19.2. The van der Waals surface area contributed by atoms with E-state index in [1.54, 1.807) is 0 Å². The van der Waals surface area contributed by atoms with Crippen molar-refractivity contribution in [1.29, 1.82) is 0 Å². The monoisotopic (exact) mass is 396 g/mol. The van der Waals surface area contributed by atoms with Crippen molar-refractivity contribution in [1.82, 2.24) is 20.5 Å². The van der Waals surface area contributed by atoms with Crippen LogP contribution >= 0.6 is 11.8 Å². The predicted octanol–water partition coefficient (Wildman–Crippen LogP) is 4.25. The molecule has 6 heteroatoms. The van der Waals surface area contributed by atoms with E-state index in [1.807, 2.05) is 6.26 Å². The summed E-state index contributed by atoms with van der Waals surface area (Å²) in [6, 6.07) is 10.5. The highest BCUT2D eigenvalue weighted by molar-refractivity contribution is 8.12. The number of nitrogens with one attached hydrogen (secondary N) is 2. The zero-order valence-corrected chi connectivity index (χ0v) is 17.2. The minimum absolute atomic E-state index is 0.0390. The fourth-order valence-corrected chi connectivity index (χ4v) is 6.81. The molecule has 1 amide bonds. The summed E-state index contributed by atoms with van der Waals surface area (Å²) >= 11 is 1.29.